The Morgan fingerprint density at radius 1 is 1.32 bits per heavy atom. The van der Waals surface area contributed by atoms with Crippen molar-refractivity contribution in [2.24, 2.45) is 0 Å². The number of H-pyrrole nitrogens is 1. The van der Waals surface area contributed by atoms with E-state index in [9.17, 15) is 4.79 Å². The third-order valence-electron chi connectivity index (χ3n) is 3.13. The van der Waals surface area contributed by atoms with Crippen LogP contribution in [0.1, 0.15) is 29.0 Å². The van der Waals surface area contributed by atoms with Crippen molar-refractivity contribution in [1.29, 1.82) is 0 Å². The fourth-order valence-corrected chi connectivity index (χ4v) is 2.61. The van der Waals surface area contributed by atoms with Gasteiger partial charge < -0.3 is 14.8 Å². The molecular weight excluding hydrogens is 418 g/mol. The third kappa shape index (κ3) is 3.44. The van der Waals surface area contributed by atoms with E-state index in [1.807, 2.05) is 13.0 Å². The molecule has 8 heteroatoms. The number of halogens is 2. The minimum Gasteiger partial charge on any atom is -0.497 e. The van der Waals surface area contributed by atoms with Crippen LogP contribution in [0.5, 0.6) is 11.5 Å². The Kier molecular flexibility index (Phi) is 5.47. The van der Waals surface area contributed by atoms with Crippen LogP contribution in [0.15, 0.2) is 27.3 Å². The average Bonchev–Trinajstić information content (AvgIpc) is 2.86. The SMILES string of the molecule is COc1ccc(OC)c(C(C)NC(=O)c2n[nH]c(Br)c2Br)c1. The lowest BCUT2D eigenvalue weighted by Crippen LogP contribution is -2.27. The number of aromatic amines is 1. The smallest absolute Gasteiger partial charge is 0.273 e. The minimum atomic E-state index is -0.300. The number of nitrogens with zero attached hydrogens (tertiary/aromatic N) is 1. The summed E-state index contributed by atoms with van der Waals surface area (Å²) in [6.45, 7) is 1.87. The van der Waals surface area contributed by atoms with Crippen molar-refractivity contribution >= 4 is 37.8 Å². The van der Waals surface area contributed by atoms with Crippen LogP contribution in [-0.4, -0.2) is 30.3 Å². The molecule has 2 N–H and O–H groups in total. The molecule has 0 aliphatic carbocycles. The van der Waals surface area contributed by atoms with Crippen LogP contribution in [0, 0.1) is 0 Å². The van der Waals surface area contributed by atoms with Gasteiger partial charge in [0.1, 0.15) is 16.1 Å². The largest absolute Gasteiger partial charge is 0.497 e. The molecule has 118 valence electrons. The van der Waals surface area contributed by atoms with Crippen molar-refractivity contribution in [3.63, 3.8) is 0 Å². The van der Waals surface area contributed by atoms with E-state index in [0.29, 0.717) is 20.6 Å². The first-order valence-electron chi connectivity index (χ1n) is 6.40. The van der Waals surface area contributed by atoms with Gasteiger partial charge in [0.15, 0.2) is 5.69 Å². The van der Waals surface area contributed by atoms with Crippen LogP contribution in [0.4, 0.5) is 0 Å². The van der Waals surface area contributed by atoms with Crippen LogP contribution >= 0.6 is 31.9 Å². The molecule has 6 nitrogen and oxygen atoms in total. The Balaban J connectivity index is 2.23. The van der Waals surface area contributed by atoms with E-state index in [1.165, 1.54) is 0 Å². The second-order valence-corrected chi connectivity index (χ2v) is 6.09. The number of benzene rings is 1. The highest BCUT2D eigenvalue weighted by Crippen LogP contribution is 2.30. The van der Waals surface area contributed by atoms with Gasteiger partial charge in [0, 0.05) is 5.56 Å². The molecule has 0 fully saturated rings. The number of hydrogen-bond donors (Lipinski definition) is 2. The maximum absolute atomic E-state index is 12.3. The lowest BCUT2D eigenvalue weighted by atomic mass is 10.1. The molecule has 1 heterocycles. The molecule has 1 unspecified atom stereocenters. The van der Waals surface area contributed by atoms with E-state index >= 15 is 0 Å². The van der Waals surface area contributed by atoms with Gasteiger partial charge in [0.2, 0.25) is 0 Å². The van der Waals surface area contributed by atoms with Crippen molar-refractivity contribution in [2.75, 3.05) is 14.2 Å². The Morgan fingerprint density at radius 2 is 2.05 bits per heavy atom. The highest BCUT2D eigenvalue weighted by atomic mass is 79.9. The second kappa shape index (κ2) is 7.15. The number of ether oxygens (including phenoxy) is 2. The molecule has 1 amide bonds. The molecule has 0 aliphatic rings. The Labute approximate surface area is 144 Å². The summed E-state index contributed by atoms with van der Waals surface area (Å²) in [7, 11) is 3.18. The van der Waals surface area contributed by atoms with Gasteiger partial charge in [-0.15, -0.1) is 0 Å². The molecule has 2 rings (SSSR count). The normalized spacial score (nSPS) is 11.9. The minimum absolute atomic E-state index is 0.278. The average molecular weight is 433 g/mol. The molecule has 0 saturated carbocycles. The van der Waals surface area contributed by atoms with Gasteiger partial charge in [-0.2, -0.15) is 5.10 Å². The number of methoxy groups -OCH3 is 2. The first-order chi connectivity index (χ1) is 10.5. The maximum Gasteiger partial charge on any atom is 0.273 e. The van der Waals surface area contributed by atoms with E-state index in [4.69, 9.17) is 9.47 Å². The summed E-state index contributed by atoms with van der Waals surface area (Å²) in [6, 6.07) is 5.16. The molecule has 1 atom stereocenters. The van der Waals surface area contributed by atoms with Crippen LogP contribution in [0.3, 0.4) is 0 Å². The number of hydrogen-bond acceptors (Lipinski definition) is 4. The van der Waals surface area contributed by atoms with E-state index in [2.05, 4.69) is 47.4 Å². The monoisotopic (exact) mass is 431 g/mol. The molecule has 1 aromatic heterocycles. The first kappa shape index (κ1) is 16.8. The standard InChI is InChI=1S/C14H15Br2N3O3/c1-7(9-6-8(21-2)4-5-10(9)22-3)17-14(20)12-11(15)13(16)19-18-12/h4-7H,1-3H3,(H,17,20)(H,18,19). The van der Waals surface area contributed by atoms with E-state index in [-0.39, 0.29) is 17.6 Å². The Bertz CT molecular complexity index is 688. The number of amides is 1. The van der Waals surface area contributed by atoms with Gasteiger partial charge in [-0.25, -0.2) is 0 Å². The van der Waals surface area contributed by atoms with Crippen molar-refractivity contribution in [3.05, 3.63) is 38.5 Å². The highest BCUT2D eigenvalue weighted by molar-refractivity contribution is 9.13. The second-order valence-electron chi connectivity index (χ2n) is 4.50. The number of nitrogens with one attached hydrogen (secondary N) is 2. The topological polar surface area (TPSA) is 76.2 Å². The summed E-state index contributed by atoms with van der Waals surface area (Å²) in [4.78, 5) is 12.3. The summed E-state index contributed by atoms with van der Waals surface area (Å²) in [5.74, 6) is 1.07. The zero-order chi connectivity index (χ0) is 16.3. The molecular formula is C14H15Br2N3O3. The number of aromatic nitrogens is 2. The van der Waals surface area contributed by atoms with E-state index in [0.717, 1.165) is 5.56 Å². The lowest BCUT2D eigenvalue weighted by Gasteiger charge is -2.17. The van der Waals surface area contributed by atoms with Gasteiger partial charge >= 0.3 is 0 Å². The number of carbonyl (C=O) groups is 1. The fraction of sp³-hybridized carbons (Fsp3) is 0.286. The van der Waals surface area contributed by atoms with Crippen molar-refractivity contribution in [2.45, 2.75) is 13.0 Å². The van der Waals surface area contributed by atoms with Crippen LogP contribution in [-0.2, 0) is 0 Å². The molecule has 0 spiro atoms. The molecule has 2 aromatic rings. The molecule has 0 saturated heterocycles. The van der Waals surface area contributed by atoms with Crippen LogP contribution in [0.25, 0.3) is 0 Å². The van der Waals surface area contributed by atoms with Crippen molar-refractivity contribution in [3.8, 4) is 11.5 Å². The van der Waals surface area contributed by atoms with Crippen LogP contribution in [0.2, 0.25) is 0 Å². The summed E-state index contributed by atoms with van der Waals surface area (Å²) >= 11 is 6.56. The predicted molar refractivity (Wildman–Crippen MR) is 89.4 cm³/mol. The fourth-order valence-electron chi connectivity index (χ4n) is 1.98. The van der Waals surface area contributed by atoms with Crippen molar-refractivity contribution in [1.82, 2.24) is 15.5 Å². The maximum atomic E-state index is 12.3. The van der Waals surface area contributed by atoms with Crippen molar-refractivity contribution < 1.29 is 14.3 Å². The molecule has 1 aromatic carbocycles. The summed E-state index contributed by atoms with van der Waals surface area (Å²) in [5.41, 5.74) is 1.10. The molecule has 22 heavy (non-hydrogen) atoms. The highest BCUT2D eigenvalue weighted by Gasteiger charge is 2.20. The third-order valence-corrected chi connectivity index (χ3v) is 5.01. The summed E-state index contributed by atoms with van der Waals surface area (Å²) in [6.07, 6.45) is 0. The molecule has 0 radical (unpaired) electrons. The predicted octanol–water partition coefficient (Wildman–Crippen LogP) is 3.44. The molecule has 0 aliphatic heterocycles. The zero-order valence-corrected chi connectivity index (χ0v) is 15.4. The van der Waals surface area contributed by atoms with E-state index in [1.54, 1.807) is 26.4 Å². The van der Waals surface area contributed by atoms with Crippen LogP contribution < -0.4 is 14.8 Å². The van der Waals surface area contributed by atoms with Gasteiger partial charge in [0.25, 0.3) is 5.91 Å². The van der Waals surface area contributed by atoms with Gasteiger partial charge in [-0.1, -0.05) is 0 Å². The zero-order valence-electron chi connectivity index (χ0n) is 12.2. The van der Waals surface area contributed by atoms with Gasteiger partial charge in [-0.05, 0) is 57.0 Å². The van der Waals surface area contributed by atoms with Gasteiger partial charge in [0.05, 0.1) is 24.7 Å². The number of carbonyl (C=O) groups excluding carboxylic acids is 1. The lowest BCUT2D eigenvalue weighted by molar-refractivity contribution is 0.0933. The Hall–Kier alpha value is -1.54. The first-order valence-corrected chi connectivity index (χ1v) is 7.98. The quantitative estimate of drug-likeness (QED) is 0.758. The Morgan fingerprint density at radius 3 is 2.59 bits per heavy atom. The summed E-state index contributed by atoms with van der Waals surface area (Å²) in [5, 5.41) is 9.52. The number of rotatable bonds is 5. The van der Waals surface area contributed by atoms with Gasteiger partial charge in [-0.3, -0.25) is 9.89 Å². The molecule has 0 bridgehead atoms. The summed E-state index contributed by atoms with van der Waals surface area (Å²) < 4.78 is 11.7. The van der Waals surface area contributed by atoms with E-state index < -0.39 is 0 Å².